The van der Waals surface area contributed by atoms with Crippen molar-refractivity contribution in [1.82, 2.24) is 5.32 Å². The first-order chi connectivity index (χ1) is 7.03. The summed E-state index contributed by atoms with van der Waals surface area (Å²) in [7, 11) is 0. The van der Waals surface area contributed by atoms with Crippen LogP contribution in [-0.2, 0) is 4.79 Å². The predicted molar refractivity (Wildman–Crippen MR) is 69.7 cm³/mol. The SMILES string of the molecule is CC(C)(CN)NC(=O)CCC1CCCC1.Cl. The Morgan fingerprint density at radius 1 is 1.38 bits per heavy atom. The highest BCUT2D eigenvalue weighted by Gasteiger charge is 2.20. The summed E-state index contributed by atoms with van der Waals surface area (Å²) in [5.74, 6) is 0.939. The average Bonchev–Trinajstić information content (AvgIpc) is 2.66. The smallest absolute Gasteiger partial charge is 0.220 e. The molecule has 1 rings (SSSR count). The fraction of sp³-hybridized carbons (Fsp3) is 0.917. The maximum absolute atomic E-state index is 11.6. The number of hydrogen-bond acceptors (Lipinski definition) is 2. The van der Waals surface area contributed by atoms with Crippen molar-refractivity contribution in [3.05, 3.63) is 0 Å². The van der Waals surface area contributed by atoms with E-state index in [1.54, 1.807) is 0 Å². The second-order valence-corrected chi connectivity index (χ2v) is 5.33. The molecule has 0 aliphatic heterocycles. The minimum absolute atomic E-state index is 0. The van der Waals surface area contributed by atoms with Crippen molar-refractivity contribution in [3.63, 3.8) is 0 Å². The summed E-state index contributed by atoms with van der Waals surface area (Å²) in [5.41, 5.74) is 5.30. The molecule has 0 aromatic rings. The molecule has 1 amide bonds. The molecule has 96 valence electrons. The molecular formula is C12H25ClN2O. The summed E-state index contributed by atoms with van der Waals surface area (Å²) in [6.07, 6.45) is 7.03. The number of hydrogen-bond donors (Lipinski definition) is 2. The third-order valence-electron chi connectivity index (χ3n) is 3.24. The molecule has 1 aliphatic rings. The van der Waals surface area contributed by atoms with E-state index >= 15 is 0 Å². The monoisotopic (exact) mass is 248 g/mol. The van der Waals surface area contributed by atoms with Gasteiger partial charge >= 0.3 is 0 Å². The van der Waals surface area contributed by atoms with Crippen LogP contribution in [0.2, 0.25) is 0 Å². The van der Waals surface area contributed by atoms with Crippen LogP contribution in [0.5, 0.6) is 0 Å². The summed E-state index contributed by atoms with van der Waals surface area (Å²) in [6.45, 7) is 4.41. The molecule has 0 aromatic carbocycles. The van der Waals surface area contributed by atoms with Gasteiger partial charge in [0.1, 0.15) is 0 Å². The van der Waals surface area contributed by atoms with Crippen molar-refractivity contribution in [2.45, 2.75) is 57.9 Å². The summed E-state index contributed by atoms with van der Waals surface area (Å²) in [6, 6.07) is 0. The lowest BCUT2D eigenvalue weighted by atomic mass is 10.0. The Labute approximate surface area is 105 Å². The molecule has 0 unspecified atom stereocenters. The minimum atomic E-state index is -0.257. The van der Waals surface area contributed by atoms with Gasteiger partial charge in [0.05, 0.1) is 0 Å². The molecule has 3 nitrogen and oxygen atoms in total. The molecule has 1 aliphatic carbocycles. The zero-order valence-corrected chi connectivity index (χ0v) is 11.2. The number of halogens is 1. The van der Waals surface area contributed by atoms with E-state index < -0.39 is 0 Å². The van der Waals surface area contributed by atoms with Gasteiger partial charge in [0.15, 0.2) is 0 Å². The largest absolute Gasteiger partial charge is 0.350 e. The number of carbonyl (C=O) groups excluding carboxylic acids is 1. The Balaban J connectivity index is 0.00000225. The van der Waals surface area contributed by atoms with E-state index in [4.69, 9.17) is 5.73 Å². The van der Waals surface area contributed by atoms with Gasteiger partial charge in [0.25, 0.3) is 0 Å². The van der Waals surface area contributed by atoms with Crippen molar-refractivity contribution in [1.29, 1.82) is 0 Å². The Morgan fingerprint density at radius 3 is 2.44 bits per heavy atom. The Bertz CT molecular complexity index is 213. The van der Waals surface area contributed by atoms with Crippen molar-refractivity contribution in [2.24, 2.45) is 11.7 Å². The lowest BCUT2D eigenvalue weighted by Crippen LogP contribution is -2.48. The molecule has 1 saturated carbocycles. The first-order valence-electron chi connectivity index (χ1n) is 6.04. The van der Waals surface area contributed by atoms with Crippen LogP contribution in [0.15, 0.2) is 0 Å². The van der Waals surface area contributed by atoms with E-state index in [2.05, 4.69) is 5.32 Å². The van der Waals surface area contributed by atoms with Gasteiger partial charge in [-0.05, 0) is 26.2 Å². The molecular weight excluding hydrogens is 224 g/mol. The first-order valence-corrected chi connectivity index (χ1v) is 6.04. The third kappa shape index (κ3) is 5.71. The van der Waals surface area contributed by atoms with E-state index in [-0.39, 0.29) is 23.9 Å². The van der Waals surface area contributed by atoms with Gasteiger partial charge in [0, 0.05) is 18.5 Å². The summed E-state index contributed by atoms with van der Waals surface area (Å²) < 4.78 is 0. The molecule has 0 spiro atoms. The van der Waals surface area contributed by atoms with Crippen LogP contribution in [0.1, 0.15) is 52.4 Å². The molecule has 0 heterocycles. The van der Waals surface area contributed by atoms with Crippen LogP contribution < -0.4 is 11.1 Å². The van der Waals surface area contributed by atoms with E-state index in [0.29, 0.717) is 13.0 Å². The highest BCUT2D eigenvalue weighted by molar-refractivity contribution is 5.85. The van der Waals surface area contributed by atoms with Crippen molar-refractivity contribution in [2.75, 3.05) is 6.54 Å². The number of nitrogens with two attached hydrogens (primary N) is 1. The van der Waals surface area contributed by atoms with E-state index in [1.807, 2.05) is 13.8 Å². The van der Waals surface area contributed by atoms with Gasteiger partial charge in [-0.1, -0.05) is 25.7 Å². The maximum Gasteiger partial charge on any atom is 0.220 e. The van der Waals surface area contributed by atoms with Crippen LogP contribution in [0, 0.1) is 5.92 Å². The normalized spacial score (nSPS) is 16.9. The minimum Gasteiger partial charge on any atom is -0.350 e. The van der Waals surface area contributed by atoms with Crippen molar-refractivity contribution in [3.8, 4) is 0 Å². The van der Waals surface area contributed by atoms with Gasteiger partial charge in [0.2, 0.25) is 5.91 Å². The lowest BCUT2D eigenvalue weighted by molar-refractivity contribution is -0.122. The van der Waals surface area contributed by atoms with Gasteiger partial charge in [-0.3, -0.25) is 4.79 Å². The quantitative estimate of drug-likeness (QED) is 0.784. The highest BCUT2D eigenvalue weighted by Crippen LogP contribution is 2.28. The topological polar surface area (TPSA) is 55.1 Å². The summed E-state index contributed by atoms with van der Waals surface area (Å²) >= 11 is 0. The van der Waals surface area contributed by atoms with Crippen LogP contribution >= 0.6 is 12.4 Å². The van der Waals surface area contributed by atoms with E-state index in [0.717, 1.165) is 12.3 Å². The Morgan fingerprint density at radius 2 is 1.94 bits per heavy atom. The van der Waals surface area contributed by atoms with Crippen LogP contribution in [-0.4, -0.2) is 18.0 Å². The van der Waals surface area contributed by atoms with Gasteiger partial charge < -0.3 is 11.1 Å². The highest BCUT2D eigenvalue weighted by atomic mass is 35.5. The molecule has 0 saturated heterocycles. The molecule has 16 heavy (non-hydrogen) atoms. The number of amides is 1. The molecule has 3 N–H and O–H groups in total. The molecule has 0 aromatic heterocycles. The Hall–Kier alpha value is -0.280. The van der Waals surface area contributed by atoms with Gasteiger partial charge in [-0.25, -0.2) is 0 Å². The summed E-state index contributed by atoms with van der Waals surface area (Å²) in [5, 5.41) is 2.97. The second kappa shape index (κ2) is 7.13. The van der Waals surface area contributed by atoms with E-state index in [9.17, 15) is 4.79 Å². The number of nitrogens with one attached hydrogen (secondary N) is 1. The molecule has 1 fully saturated rings. The predicted octanol–water partition coefficient (Wildman–Crippen LogP) is 2.23. The van der Waals surface area contributed by atoms with Gasteiger partial charge in [-0.15, -0.1) is 12.4 Å². The fourth-order valence-corrected chi connectivity index (χ4v) is 2.13. The van der Waals surface area contributed by atoms with E-state index in [1.165, 1.54) is 25.7 Å². The van der Waals surface area contributed by atoms with Gasteiger partial charge in [-0.2, -0.15) is 0 Å². The van der Waals surface area contributed by atoms with Crippen LogP contribution in [0.3, 0.4) is 0 Å². The standard InChI is InChI=1S/C12H24N2O.ClH/c1-12(2,9-13)14-11(15)8-7-10-5-3-4-6-10;/h10H,3-9,13H2,1-2H3,(H,14,15);1H. The first kappa shape index (κ1) is 15.7. The van der Waals surface area contributed by atoms with Crippen molar-refractivity contribution >= 4 is 18.3 Å². The van der Waals surface area contributed by atoms with Crippen LogP contribution in [0.25, 0.3) is 0 Å². The lowest BCUT2D eigenvalue weighted by Gasteiger charge is -2.24. The molecule has 0 bridgehead atoms. The second-order valence-electron chi connectivity index (χ2n) is 5.33. The van der Waals surface area contributed by atoms with Crippen LogP contribution in [0.4, 0.5) is 0 Å². The average molecular weight is 249 g/mol. The zero-order valence-electron chi connectivity index (χ0n) is 10.4. The third-order valence-corrected chi connectivity index (χ3v) is 3.24. The summed E-state index contributed by atoms with van der Waals surface area (Å²) in [4.78, 5) is 11.6. The number of rotatable bonds is 5. The zero-order chi connectivity index (χ0) is 11.3. The molecule has 0 radical (unpaired) electrons. The van der Waals surface area contributed by atoms with Crippen molar-refractivity contribution < 1.29 is 4.79 Å². The maximum atomic E-state index is 11.6. The molecule has 4 heteroatoms. The molecule has 0 atom stereocenters. The fourth-order valence-electron chi connectivity index (χ4n) is 2.13. The number of carbonyl (C=O) groups is 1. The Kier molecular flexibility index (Phi) is 7.00.